The van der Waals surface area contributed by atoms with Crippen LogP contribution in [0, 0.1) is 0 Å². The lowest BCUT2D eigenvalue weighted by Crippen LogP contribution is -3.12. The van der Waals surface area contributed by atoms with E-state index in [1.165, 1.54) is 30.6 Å². The lowest BCUT2D eigenvalue weighted by Gasteiger charge is -2.30. The zero-order chi connectivity index (χ0) is 19.2. The summed E-state index contributed by atoms with van der Waals surface area (Å²) in [5.41, 5.74) is 1.95. The summed E-state index contributed by atoms with van der Waals surface area (Å²) in [5, 5.41) is 6.33. The van der Waals surface area contributed by atoms with Crippen molar-refractivity contribution in [3.8, 4) is 0 Å². The van der Waals surface area contributed by atoms with Crippen molar-refractivity contribution in [2.24, 2.45) is 0 Å². The number of hydrogen-bond acceptors (Lipinski definition) is 3. The van der Waals surface area contributed by atoms with E-state index in [-0.39, 0.29) is 12.6 Å². The van der Waals surface area contributed by atoms with Gasteiger partial charge in [0, 0.05) is 5.02 Å². The number of amides is 2. The number of nitrogens with one attached hydrogen (secondary N) is 3. The highest BCUT2D eigenvalue weighted by Gasteiger charge is 2.35. The highest BCUT2D eigenvalue weighted by atomic mass is 35.5. The first kappa shape index (κ1) is 19.7. The first-order chi connectivity index (χ1) is 13.1. The van der Waals surface area contributed by atoms with Crippen LogP contribution in [0.15, 0.2) is 35.5 Å². The number of esters is 1. The molecule has 0 spiro atoms. The van der Waals surface area contributed by atoms with E-state index in [9.17, 15) is 9.59 Å². The molecule has 3 rings (SSSR count). The number of likely N-dealkylation sites (tertiary alicyclic amines) is 1. The number of halogens is 1. The molecule has 3 N–H and O–H groups in total. The molecule has 0 radical (unpaired) electrons. The first-order valence-electron chi connectivity index (χ1n) is 9.65. The van der Waals surface area contributed by atoms with Crippen LogP contribution in [0.1, 0.15) is 44.2 Å². The number of urea groups is 1. The Kier molecular flexibility index (Phi) is 6.74. The average molecular weight is 393 g/mol. The van der Waals surface area contributed by atoms with Gasteiger partial charge < -0.3 is 20.3 Å². The van der Waals surface area contributed by atoms with Crippen molar-refractivity contribution in [2.45, 2.75) is 38.6 Å². The van der Waals surface area contributed by atoms with E-state index in [1.54, 1.807) is 19.1 Å². The van der Waals surface area contributed by atoms with Crippen molar-refractivity contribution in [3.05, 3.63) is 46.1 Å². The Labute approximate surface area is 164 Å². The minimum atomic E-state index is -0.545. The molecule has 27 heavy (non-hydrogen) atoms. The van der Waals surface area contributed by atoms with E-state index in [2.05, 4.69) is 10.6 Å². The molecule has 0 aromatic heterocycles. The van der Waals surface area contributed by atoms with E-state index < -0.39 is 12.0 Å². The van der Waals surface area contributed by atoms with Crippen LogP contribution in [0.4, 0.5) is 4.79 Å². The van der Waals surface area contributed by atoms with Crippen LogP contribution >= 0.6 is 11.6 Å². The minimum Gasteiger partial charge on any atom is -0.463 e. The van der Waals surface area contributed by atoms with Crippen molar-refractivity contribution in [2.75, 3.05) is 26.2 Å². The topological polar surface area (TPSA) is 71.9 Å². The van der Waals surface area contributed by atoms with Crippen molar-refractivity contribution < 1.29 is 19.2 Å². The van der Waals surface area contributed by atoms with Gasteiger partial charge in [0.2, 0.25) is 0 Å². The smallest absolute Gasteiger partial charge is 0.338 e. The second kappa shape index (κ2) is 9.24. The molecule has 0 bridgehead atoms. The monoisotopic (exact) mass is 392 g/mol. The largest absolute Gasteiger partial charge is 0.463 e. The number of ether oxygens (including phenoxy) is 1. The number of quaternary nitrogens is 1. The molecule has 146 valence electrons. The molecule has 1 aromatic carbocycles. The molecule has 2 amide bonds. The Morgan fingerprint density at radius 3 is 2.48 bits per heavy atom. The summed E-state index contributed by atoms with van der Waals surface area (Å²) in [7, 11) is 0. The lowest BCUT2D eigenvalue weighted by molar-refractivity contribution is -0.894. The van der Waals surface area contributed by atoms with Crippen LogP contribution in [-0.4, -0.2) is 38.2 Å². The van der Waals surface area contributed by atoms with Gasteiger partial charge in [-0.05, 0) is 50.3 Å². The molecule has 1 fully saturated rings. The Balaban J connectivity index is 1.96. The maximum Gasteiger partial charge on any atom is 0.338 e. The van der Waals surface area contributed by atoms with Crippen LogP contribution in [0.2, 0.25) is 5.02 Å². The minimum absolute atomic E-state index is 0.285. The first-order valence-corrected chi connectivity index (χ1v) is 10.0. The quantitative estimate of drug-likeness (QED) is 0.671. The van der Waals surface area contributed by atoms with Gasteiger partial charge in [-0.3, -0.25) is 0 Å². The Morgan fingerprint density at radius 2 is 1.85 bits per heavy atom. The Bertz CT molecular complexity index is 710. The summed E-state index contributed by atoms with van der Waals surface area (Å²) < 4.78 is 5.31. The zero-order valence-electron chi connectivity index (χ0n) is 15.6. The fourth-order valence-corrected chi connectivity index (χ4v) is 3.89. The molecule has 0 aliphatic carbocycles. The van der Waals surface area contributed by atoms with Gasteiger partial charge in [0.05, 0.1) is 37.0 Å². The number of hydrogen-bond donors (Lipinski definition) is 3. The third-order valence-electron chi connectivity index (χ3n) is 5.09. The van der Waals surface area contributed by atoms with E-state index in [4.69, 9.17) is 16.3 Å². The Hall–Kier alpha value is -2.05. The van der Waals surface area contributed by atoms with Crippen molar-refractivity contribution >= 4 is 23.6 Å². The van der Waals surface area contributed by atoms with Crippen LogP contribution < -0.4 is 15.5 Å². The van der Waals surface area contributed by atoms with Gasteiger partial charge in [0.15, 0.2) is 0 Å². The molecular formula is C20H27ClN3O3+. The fourth-order valence-electron chi connectivity index (χ4n) is 3.77. The highest BCUT2D eigenvalue weighted by Crippen LogP contribution is 2.28. The van der Waals surface area contributed by atoms with Gasteiger partial charge in [-0.1, -0.05) is 23.7 Å². The molecule has 1 saturated heterocycles. The van der Waals surface area contributed by atoms with Crippen LogP contribution in [0.5, 0.6) is 0 Å². The van der Waals surface area contributed by atoms with Gasteiger partial charge in [0.1, 0.15) is 6.54 Å². The number of carbonyl (C=O) groups excluding carboxylic acids is 2. The summed E-state index contributed by atoms with van der Waals surface area (Å²) in [6.07, 6.45) is 4.83. The van der Waals surface area contributed by atoms with Crippen LogP contribution in [-0.2, 0) is 9.53 Å². The highest BCUT2D eigenvalue weighted by molar-refractivity contribution is 6.30. The van der Waals surface area contributed by atoms with Crippen LogP contribution in [0.25, 0.3) is 0 Å². The van der Waals surface area contributed by atoms with Crippen molar-refractivity contribution in [3.63, 3.8) is 0 Å². The summed E-state index contributed by atoms with van der Waals surface area (Å²) in [4.78, 5) is 26.5. The molecule has 1 atom stereocenters. The summed E-state index contributed by atoms with van der Waals surface area (Å²) in [5.74, 6) is -0.394. The second-order valence-corrected chi connectivity index (χ2v) is 7.47. The van der Waals surface area contributed by atoms with Gasteiger partial charge in [-0.15, -0.1) is 0 Å². The summed E-state index contributed by atoms with van der Waals surface area (Å²) in [6, 6.07) is 6.33. The molecule has 2 heterocycles. The number of benzene rings is 1. The molecule has 0 unspecified atom stereocenters. The van der Waals surface area contributed by atoms with Gasteiger partial charge >= 0.3 is 12.0 Å². The molecule has 0 saturated carbocycles. The third-order valence-corrected chi connectivity index (χ3v) is 5.34. The molecule has 2 aliphatic rings. The van der Waals surface area contributed by atoms with E-state index in [0.29, 0.717) is 22.8 Å². The summed E-state index contributed by atoms with van der Waals surface area (Å²) >= 11 is 5.99. The van der Waals surface area contributed by atoms with E-state index in [0.717, 1.165) is 18.7 Å². The number of rotatable bonds is 5. The molecule has 7 heteroatoms. The lowest BCUT2D eigenvalue weighted by atomic mass is 9.95. The maximum atomic E-state index is 12.8. The maximum absolute atomic E-state index is 12.8. The predicted molar refractivity (Wildman–Crippen MR) is 104 cm³/mol. The summed E-state index contributed by atoms with van der Waals surface area (Å²) in [6.45, 7) is 4.78. The van der Waals surface area contributed by atoms with Gasteiger partial charge in [-0.2, -0.15) is 0 Å². The van der Waals surface area contributed by atoms with E-state index >= 15 is 0 Å². The zero-order valence-corrected chi connectivity index (χ0v) is 16.4. The third kappa shape index (κ3) is 5.02. The van der Waals surface area contributed by atoms with E-state index in [1.807, 2.05) is 12.1 Å². The van der Waals surface area contributed by atoms with Crippen molar-refractivity contribution in [1.82, 2.24) is 10.6 Å². The molecule has 1 aromatic rings. The SMILES string of the molecule is CCOC(=O)C1=C(C[NH+]2CCCCCC2)NC(=O)N[C@H]1c1ccc(Cl)cc1. The van der Waals surface area contributed by atoms with Crippen molar-refractivity contribution in [1.29, 1.82) is 0 Å². The molecule has 2 aliphatic heterocycles. The van der Waals surface area contributed by atoms with Gasteiger partial charge in [0.25, 0.3) is 0 Å². The predicted octanol–water partition coefficient (Wildman–Crippen LogP) is 1.97. The Morgan fingerprint density at radius 1 is 1.19 bits per heavy atom. The molecular weight excluding hydrogens is 366 g/mol. The van der Waals surface area contributed by atoms with Gasteiger partial charge in [-0.25, -0.2) is 9.59 Å². The van der Waals surface area contributed by atoms with Crippen LogP contribution in [0.3, 0.4) is 0 Å². The average Bonchev–Trinajstić information content (AvgIpc) is 2.90. The molecule has 6 nitrogen and oxygen atoms in total. The second-order valence-electron chi connectivity index (χ2n) is 7.04. The normalized spacial score (nSPS) is 21.3. The standard InChI is InChI=1S/C20H26ClN3O3/c1-2-27-19(25)17-16(13-24-11-5-3-4-6-12-24)22-20(26)23-18(17)14-7-9-15(21)10-8-14/h7-10,18H,2-6,11-13H2,1H3,(H2,22,23,26)/p+1/t18-/m0/s1. The number of carbonyl (C=O) groups is 2. The fraction of sp³-hybridized carbons (Fsp3) is 0.500.